The molecule has 5 amide bonds. The quantitative estimate of drug-likeness (QED) is 0.0272. The van der Waals surface area contributed by atoms with Crippen LogP contribution >= 0.6 is 0 Å². The Hall–Kier alpha value is -5.69. The highest BCUT2D eigenvalue weighted by molar-refractivity contribution is 5.78. The Balaban J connectivity index is 0.908. The van der Waals surface area contributed by atoms with Gasteiger partial charge in [0.15, 0.2) is 50.3 Å². The van der Waals surface area contributed by atoms with Crippen molar-refractivity contribution in [2.24, 2.45) is 0 Å². The minimum absolute atomic E-state index is 0.849. The zero-order valence-electron chi connectivity index (χ0n) is 73.7. The number of carbonyl (C=O) groups excluding carboxylic acids is 5. The summed E-state index contributed by atoms with van der Waals surface area (Å²) in [5.74, 6) is -15.3. The molecular weight excluding hydrogens is 1900 g/mol. The first-order valence-corrected chi connectivity index (χ1v) is 43.3. The molecule has 52 atom stereocenters. The lowest BCUT2D eigenvalue weighted by molar-refractivity contribution is -0.398. The molecule has 10 heterocycles. The molecule has 50 unspecified atom stereocenters. The van der Waals surface area contributed by atoms with Gasteiger partial charge in [-0.05, 0) is 0 Å². The molecule has 0 aromatic heterocycles. The number of aliphatic hydroxyl groups excluding tert-OH is 27. The molecule has 34 N–H and O–H groups in total. The average Bonchev–Trinajstić information content (AvgIpc) is 0.766. The maximum Gasteiger partial charge on any atom is 0.364 e. The standard InChI is InChI=1S/C76H123F2N5O55/c1-18(89)79-35-23(94)6-75(73(116)117,137-60(35)40(98)25(96)8-77)121-16-33-44(102)50(108)54(112)68(129-33)131-58-30(13-87)126-66(38(48(58)106)82-21(4)92)135-63-52(110)42(100)27(10-84)124-71(63)120-15-32-46(104)62(56(114)70(128-32)133-57-29(12-86)123-65(115)37(47(57)105)81-20(3)91)134-72-64(53(111)43(101)28(11-85)125-72)136-67-39(83-22(5)93)49(107)59(31(14-88)127-67)132-69-55(113)51(109)45(103)34(130-69)17-122-76(74(118)119)7-24(95)36(80-19(2)90)61(138-76)41(99)26(97)9-78/h23-72,84-88,94-115H,6-17H2,1-5H3,(H,79,89)(H,80,90)(H,81,91)(H,82,92)(H,83,93)(H,116,117)(H,118,119)/t23?,24?,25?,26?,27?,28?,29?,30?,31?,32?,33?,34?,35?,36?,37?,38?,39?,40-,41-,42?,43?,44?,45?,46?,47?,48?,49?,50?,51?,52?,53?,54?,55?,56?,57?,58?,59?,60?,61?,62?,63?,64?,65?,66?,67?,68?,69?,70?,71?,72?,75?,76?/m1/s1. The van der Waals surface area contributed by atoms with E-state index in [1.165, 1.54) is 0 Å². The van der Waals surface area contributed by atoms with E-state index in [4.69, 9.17) is 90.0 Å². The molecule has 10 aliphatic heterocycles. The fourth-order valence-electron chi connectivity index (χ4n) is 17.5. The summed E-state index contributed by atoms with van der Waals surface area (Å²) in [5, 5.41) is 337. The lowest BCUT2D eigenvalue weighted by atomic mass is 9.88. The summed E-state index contributed by atoms with van der Waals surface area (Å²) in [5.41, 5.74) is 0. The van der Waals surface area contributed by atoms with Crippen molar-refractivity contribution < 1.29 is 280 Å². The average molecular weight is 2020 g/mol. The molecule has 0 bridgehead atoms. The number of aliphatic hydroxyl groups is 27. The van der Waals surface area contributed by atoms with Crippen molar-refractivity contribution in [2.45, 2.75) is 365 Å². The second kappa shape index (κ2) is 49.0. The number of hydrogen-bond acceptors (Lipinski definition) is 53. The topological polar surface area (TPSA) is 942 Å². The smallest absolute Gasteiger partial charge is 0.364 e. The number of alkyl halides is 2. The highest BCUT2D eigenvalue weighted by atomic mass is 19.1. The SMILES string of the molecule is CC(=O)NC1C(O)OC(CO)C(OC2OC(COC3OC(CO)C(O)C(O)C3OC3OC(CO)C(OC4OC(COC5(C(=O)O)CC(O)C(NC(C)=O)C([C@H](O)C(O)CF)O5)C(O)C(O)C4O)C(O)C3NC(C)=O)C(O)C(OC3OC(CO)C(O)C(O)C3OC3OC(CO)C(OC4OC(COC5(C(=O)O)CC(O)C(NC(C)=O)C([C@H](O)C(O)CF)O5)C(O)C(O)C4O)C(O)C3NC(C)=O)C2O)C1O. The third-order valence-corrected chi connectivity index (χ3v) is 24.8. The van der Waals surface area contributed by atoms with Crippen molar-refractivity contribution in [2.75, 3.05) is 66.2 Å². The lowest BCUT2D eigenvalue weighted by Crippen LogP contribution is -2.70. The molecule has 60 nitrogen and oxygen atoms in total. The number of carboxylic acids is 2. The van der Waals surface area contributed by atoms with Crippen LogP contribution in [0.5, 0.6) is 0 Å². The Kier molecular flexibility index (Phi) is 40.6. The predicted octanol–water partition coefficient (Wildman–Crippen LogP) is -21.7. The number of ether oxygens (including phenoxy) is 19. The number of carbonyl (C=O) groups is 7. The van der Waals surface area contributed by atoms with Gasteiger partial charge in [-0.1, -0.05) is 0 Å². The van der Waals surface area contributed by atoms with Crippen molar-refractivity contribution in [1.82, 2.24) is 26.6 Å². The fraction of sp³-hybridized carbons (Fsp3) is 0.908. The van der Waals surface area contributed by atoms with Gasteiger partial charge in [0, 0.05) is 47.5 Å². The lowest BCUT2D eigenvalue weighted by Gasteiger charge is -2.51. The van der Waals surface area contributed by atoms with Crippen LogP contribution in [0.4, 0.5) is 8.78 Å². The number of hydrogen-bond donors (Lipinski definition) is 34. The van der Waals surface area contributed by atoms with Crippen molar-refractivity contribution in [3.63, 3.8) is 0 Å². The maximum atomic E-state index is 13.7. The van der Waals surface area contributed by atoms with Gasteiger partial charge in [-0.25, -0.2) is 18.4 Å². The second-order valence-corrected chi connectivity index (χ2v) is 34.6. The van der Waals surface area contributed by atoms with Crippen LogP contribution in [-0.2, 0) is 124 Å². The van der Waals surface area contributed by atoms with Crippen molar-refractivity contribution in [1.29, 1.82) is 0 Å². The monoisotopic (exact) mass is 2020 g/mol. The van der Waals surface area contributed by atoms with Gasteiger partial charge in [-0.15, -0.1) is 0 Å². The zero-order chi connectivity index (χ0) is 102. The number of amides is 5. The molecule has 0 radical (unpaired) electrons. The van der Waals surface area contributed by atoms with E-state index in [2.05, 4.69) is 26.6 Å². The zero-order valence-corrected chi connectivity index (χ0v) is 73.7. The van der Waals surface area contributed by atoms with Gasteiger partial charge in [0.25, 0.3) is 11.6 Å². The summed E-state index contributed by atoms with van der Waals surface area (Å²) >= 11 is 0. The highest BCUT2D eigenvalue weighted by Gasteiger charge is 2.64. The molecule has 0 saturated carbocycles. The first kappa shape index (κ1) is 114. The summed E-state index contributed by atoms with van der Waals surface area (Å²) < 4.78 is 139. The van der Waals surface area contributed by atoms with Gasteiger partial charge in [-0.3, -0.25) is 24.0 Å². The molecule has 62 heteroatoms. The molecule has 0 aromatic rings. The number of nitrogens with one attached hydrogen (secondary N) is 5. The van der Waals surface area contributed by atoms with Crippen LogP contribution in [0.15, 0.2) is 0 Å². The summed E-state index contributed by atoms with van der Waals surface area (Å²) in [7, 11) is 0. The van der Waals surface area contributed by atoms with Crippen molar-refractivity contribution in [3.05, 3.63) is 0 Å². The Morgan fingerprint density at radius 1 is 0.312 bits per heavy atom. The van der Waals surface area contributed by atoms with Crippen LogP contribution in [0, 0.1) is 0 Å². The molecular formula is C76H123F2N5O55. The minimum Gasteiger partial charge on any atom is -0.477 e. The second-order valence-electron chi connectivity index (χ2n) is 34.6. The van der Waals surface area contributed by atoms with Crippen LogP contribution < -0.4 is 26.6 Å². The summed E-state index contributed by atoms with van der Waals surface area (Å²) in [4.78, 5) is 89.0. The van der Waals surface area contributed by atoms with E-state index in [0.29, 0.717) is 0 Å². The van der Waals surface area contributed by atoms with E-state index < -0.39 is 438 Å². The molecule has 10 aliphatic rings. The van der Waals surface area contributed by atoms with Crippen LogP contribution in [0.3, 0.4) is 0 Å². The van der Waals surface area contributed by atoms with E-state index >= 15 is 0 Å². The summed E-state index contributed by atoms with van der Waals surface area (Å²) in [6, 6.07) is -9.54. The van der Waals surface area contributed by atoms with Gasteiger partial charge in [0.2, 0.25) is 29.5 Å². The van der Waals surface area contributed by atoms with Crippen molar-refractivity contribution in [3.8, 4) is 0 Å². The molecule has 10 saturated heterocycles. The molecule has 0 aliphatic carbocycles. The van der Waals surface area contributed by atoms with E-state index in [9.17, 15) is 190 Å². The van der Waals surface area contributed by atoms with Gasteiger partial charge >= 0.3 is 11.9 Å². The molecule has 138 heavy (non-hydrogen) atoms. The third-order valence-electron chi connectivity index (χ3n) is 24.8. The van der Waals surface area contributed by atoms with E-state index in [1.54, 1.807) is 0 Å². The normalized spacial score (nSPS) is 46.2. The van der Waals surface area contributed by atoms with Crippen LogP contribution in [0.25, 0.3) is 0 Å². The summed E-state index contributed by atoms with van der Waals surface area (Å²) in [6.45, 7) is -8.82. The molecule has 10 fully saturated rings. The predicted molar refractivity (Wildman–Crippen MR) is 420 cm³/mol. The van der Waals surface area contributed by atoms with Gasteiger partial charge in [0.1, 0.15) is 245 Å². The highest BCUT2D eigenvalue weighted by Crippen LogP contribution is 2.43. The Labute approximate surface area is 777 Å². The van der Waals surface area contributed by atoms with E-state index in [0.717, 1.165) is 34.6 Å². The Morgan fingerprint density at radius 3 is 0.957 bits per heavy atom. The van der Waals surface area contributed by atoms with Gasteiger partial charge in [-0.2, -0.15) is 0 Å². The first-order chi connectivity index (χ1) is 64.9. The van der Waals surface area contributed by atoms with Crippen LogP contribution in [0.1, 0.15) is 47.5 Å². The number of rotatable bonds is 39. The molecule has 0 aromatic carbocycles. The Morgan fingerprint density at radius 2 is 0.601 bits per heavy atom. The summed E-state index contributed by atoms with van der Waals surface area (Å²) in [6.07, 6.45) is -105. The largest absolute Gasteiger partial charge is 0.477 e. The minimum atomic E-state index is -3.15. The van der Waals surface area contributed by atoms with Crippen LogP contribution in [-0.4, -0.2) is 574 Å². The van der Waals surface area contributed by atoms with Gasteiger partial charge in [0.05, 0.1) is 77.1 Å². The molecule has 796 valence electrons. The maximum absolute atomic E-state index is 13.7. The fourth-order valence-corrected chi connectivity index (χ4v) is 17.5. The van der Waals surface area contributed by atoms with Gasteiger partial charge < -0.3 is 265 Å². The van der Waals surface area contributed by atoms with E-state index in [1.807, 2.05) is 0 Å². The third kappa shape index (κ3) is 25.3. The first-order valence-electron chi connectivity index (χ1n) is 43.3. The number of halogens is 2. The number of aliphatic carboxylic acids is 2. The van der Waals surface area contributed by atoms with Crippen LogP contribution in [0.2, 0.25) is 0 Å². The number of carboxylic acid groups (broad SMARTS) is 2. The van der Waals surface area contributed by atoms with E-state index in [-0.39, 0.29) is 0 Å². The molecule has 10 rings (SSSR count). The molecule has 0 spiro atoms. The Bertz CT molecular complexity index is 3940. The van der Waals surface area contributed by atoms with Crippen molar-refractivity contribution >= 4 is 41.5 Å².